The lowest BCUT2D eigenvalue weighted by atomic mass is 10.0. The van der Waals surface area contributed by atoms with E-state index in [0.29, 0.717) is 18.6 Å². The number of fused-ring (bicyclic) bond motifs is 1. The average Bonchev–Trinajstić information content (AvgIpc) is 2.62. The molecule has 0 saturated heterocycles. The summed E-state index contributed by atoms with van der Waals surface area (Å²) in [5.41, 5.74) is 2.42. The first-order chi connectivity index (χ1) is 11.6. The van der Waals surface area contributed by atoms with Gasteiger partial charge in [-0.25, -0.2) is 0 Å². The van der Waals surface area contributed by atoms with Crippen molar-refractivity contribution in [2.75, 3.05) is 6.79 Å². The van der Waals surface area contributed by atoms with Crippen molar-refractivity contribution in [3.63, 3.8) is 0 Å². The first-order valence-corrected chi connectivity index (χ1v) is 8.00. The highest BCUT2D eigenvalue weighted by Gasteiger charge is 2.19. The highest BCUT2D eigenvalue weighted by Crippen LogP contribution is 2.24. The molecule has 126 valence electrons. The summed E-state index contributed by atoms with van der Waals surface area (Å²) in [5, 5.41) is 13.2. The molecule has 5 heteroatoms. The number of carbonyl (C=O) groups is 1. The number of amides is 1. The van der Waals surface area contributed by atoms with Crippen LogP contribution in [0.1, 0.15) is 28.4 Å². The van der Waals surface area contributed by atoms with E-state index in [9.17, 15) is 9.90 Å². The largest absolute Gasteiger partial charge is 0.467 e. The Labute approximate surface area is 141 Å². The number of benzene rings is 2. The van der Waals surface area contributed by atoms with Gasteiger partial charge in [0.1, 0.15) is 5.75 Å². The standard InChI is InChI=1S/C19H21NO4/c1-13(17(21)9-14-5-3-2-4-6-14)20-19(22)15-7-8-18-16(10-15)11-23-12-24-18/h2-8,10,13,17,21H,9,11-12H2,1H3,(H,20,22)/t13-,17-/m1/s1. The Bertz CT molecular complexity index is 702. The smallest absolute Gasteiger partial charge is 0.251 e. The van der Waals surface area contributed by atoms with Gasteiger partial charge < -0.3 is 19.9 Å². The van der Waals surface area contributed by atoms with Gasteiger partial charge in [-0.2, -0.15) is 0 Å². The third-order valence-corrected chi connectivity index (χ3v) is 4.10. The molecule has 0 aromatic heterocycles. The number of aliphatic hydroxyl groups is 1. The molecule has 0 radical (unpaired) electrons. The highest BCUT2D eigenvalue weighted by atomic mass is 16.7. The van der Waals surface area contributed by atoms with Crippen molar-refractivity contribution in [3.05, 3.63) is 65.2 Å². The van der Waals surface area contributed by atoms with E-state index in [2.05, 4.69) is 5.32 Å². The van der Waals surface area contributed by atoms with Crippen LogP contribution in [-0.2, 0) is 17.8 Å². The van der Waals surface area contributed by atoms with Gasteiger partial charge in [-0.05, 0) is 30.7 Å². The Hall–Kier alpha value is -2.37. The normalized spacial score (nSPS) is 15.8. The minimum Gasteiger partial charge on any atom is -0.467 e. The third-order valence-electron chi connectivity index (χ3n) is 4.10. The highest BCUT2D eigenvalue weighted by molar-refractivity contribution is 5.94. The second-order valence-corrected chi connectivity index (χ2v) is 5.95. The molecule has 2 atom stereocenters. The van der Waals surface area contributed by atoms with E-state index >= 15 is 0 Å². The van der Waals surface area contributed by atoms with Crippen molar-refractivity contribution in [1.29, 1.82) is 0 Å². The zero-order valence-electron chi connectivity index (χ0n) is 13.6. The monoisotopic (exact) mass is 327 g/mol. The maximum Gasteiger partial charge on any atom is 0.251 e. The zero-order valence-corrected chi connectivity index (χ0v) is 13.6. The van der Waals surface area contributed by atoms with Crippen LogP contribution in [0, 0.1) is 0 Å². The fourth-order valence-corrected chi connectivity index (χ4v) is 2.65. The summed E-state index contributed by atoms with van der Waals surface area (Å²) in [5.74, 6) is 0.526. The van der Waals surface area contributed by atoms with E-state index in [4.69, 9.17) is 9.47 Å². The summed E-state index contributed by atoms with van der Waals surface area (Å²) < 4.78 is 10.6. The van der Waals surface area contributed by atoms with Crippen LogP contribution in [0.2, 0.25) is 0 Å². The van der Waals surface area contributed by atoms with Crippen LogP contribution in [0.15, 0.2) is 48.5 Å². The summed E-state index contributed by atoms with van der Waals surface area (Å²) in [6.07, 6.45) is -0.158. The van der Waals surface area contributed by atoms with Gasteiger partial charge in [0, 0.05) is 17.5 Å². The van der Waals surface area contributed by atoms with E-state index in [0.717, 1.165) is 16.9 Å². The van der Waals surface area contributed by atoms with Gasteiger partial charge in [-0.1, -0.05) is 30.3 Å². The van der Waals surface area contributed by atoms with Crippen LogP contribution in [0.3, 0.4) is 0 Å². The SMILES string of the molecule is C[C@@H](NC(=O)c1ccc2c(c1)COCO2)[C@H](O)Cc1ccccc1. The van der Waals surface area contributed by atoms with Crippen molar-refractivity contribution in [1.82, 2.24) is 5.32 Å². The molecule has 3 rings (SSSR count). The summed E-state index contributed by atoms with van der Waals surface area (Å²) in [6.45, 7) is 2.47. The lowest BCUT2D eigenvalue weighted by Crippen LogP contribution is -2.42. The minimum atomic E-state index is -0.652. The molecule has 2 aromatic rings. The van der Waals surface area contributed by atoms with Crippen molar-refractivity contribution in [3.8, 4) is 5.75 Å². The molecule has 0 saturated carbocycles. The van der Waals surface area contributed by atoms with Gasteiger partial charge in [0.25, 0.3) is 5.91 Å². The van der Waals surface area contributed by atoms with Crippen LogP contribution < -0.4 is 10.1 Å². The molecule has 0 aliphatic carbocycles. The van der Waals surface area contributed by atoms with Gasteiger partial charge in [0.05, 0.1) is 18.8 Å². The quantitative estimate of drug-likeness (QED) is 0.884. The molecular weight excluding hydrogens is 306 g/mol. The summed E-state index contributed by atoms with van der Waals surface area (Å²) in [4.78, 5) is 12.4. The Balaban J connectivity index is 1.61. The van der Waals surface area contributed by atoms with Crippen LogP contribution in [0.25, 0.3) is 0 Å². The number of ether oxygens (including phenoxy) is 2. The number of rotatable bonds is 5. The van der Waals surface area contributed by atoms with Crippen molar-refractivity contribution in [2.24, 2.45) is 0 Å². The molecule has 2 N–H and O–H groups in total. The fourth-order valence-electron chi connectivity index (χ4n) is 2.65. The molecule has 5 nitrogen and oxygen atoms in total. The second-order valence-electron chi connectivity index (χ2n) is 5.95. The van der Waals surface area contributed by atoms with Gasteiger partial charge >= 0.3 is 0 Å². The van der Waals surface area contributed by atoms with E-state index in [1.165, 1.54) is 0 Å². The summed E-state index contributed by atoms with van der Waals surface area (Å²) in [6, 6.07) is 14.6. The molecule has 24 heavy (non-hydrogen) atoms. The maximum atomic E-state index is 12.4. The van der Waals surface area contributed by atoms with Crippen LogP contribution in [-0.4, -0.2) is 30.0 Å². The molecule has 1 aliphatic rings. The van der Waals surface area contributed by atoms with Crippen molar-refractivity contribution in [2.45, 2.75) is 32.1 Å². The van der Waals surface area contributed by atoms with Gasteiger partial charge in [0.15, 0.2) is 6.79 Å². The lowest BCUT2D eigenvalue weighted by Gasteiger charge is -2.21. The minimum absolute atomic E-state index is 0.219. The van der Waals surface area contributed by atoms with Crippen LogP contribution in [0.5, 0.6) is 5.75 Å². The second kappa shape index (κ2) is 7.47. The first kappa shape index (κ1) is 16.5. The summed E-state index contributed by atoms with van der Waals surface area (Å²) >= 11 is 0. The molecule has 1 aliphatic heterocycles. The summed E-state index contributed by atoms with van der Waals surface area (Å²) in [7, 11) is 0. The van der Waals surface area contributed by atoms with E-state index in [-0.39, 0.29) is 18.7 Å². The number of hydrogen-bond acceptors (Lipinski definition) is 4. The van der Waals surface area contributed by atoms with Crippen molar-refractivity contribution < 1.29 is 19.4 Å². The van der Waals surface area contributed by atoms with Gasteiger partial charge in [-0.15, -0.1) is 0 Å². The zero-order chi connectivity index (χ0) is 16.9. The number of aliphatic hydroxyl groups excluding tert-OH is 1. The van der Waals surface area contributed by atoms with Crippen LogP contribution in [0.4, 0.5) is 0 Å². The lowest BCUT2D eigenvalue weighted by molar-refractivity contribution is -0.0163. The van der Waals surface area contributed by atoms with E-state index in [1.54, 1.807) is 25.1 Å². The molecule has 0 bridgehead atoms. The molecule has 2 aromatic carbocycles. The Morgan fingerprint density at radius 2 is 2.04 bits per heavy atom. The molecule has 0 fully saturated rings. The Morgan fingerprint density at radius 1 is 1.25 bits per heavy atom. The van der Waals surface area contributed by atoms with Crippen LogP contribution >= 0.6 is 0 Å². The molecule has 1 amide bonds. The molecule has 0 unspecified atom stereocenters. The number of hydrogen-bond donors (Lipinski definition) is 2. The third kappa shape index (κ3) is 3.93. The Morgan fingerprint density at radius 3 is 2.83 bits per heavy atom. The predicted molar refractivity (Wildman–Crippen MR) is 89.8 cm³/mol. The van der Waals surface area contributed by atoms with Gasteiger partial charge in [0.2, 0.25) is 0 Å². The predicted octanol–water partition coefficient (Wildman–Crippen LogP) is 2.28. The molecule has 1 heterocycles. The fraction of sp³-hybridized carbons (Fsp3) is 0.316. The molecule has 0 spiro atoms. The topological polar surface area (TPSA) is 67.8 Å². The van der Waals surface area contributed by atoms with Crippen molar-refractivity contribution >= 4 is 5.91 Å². The average molecular weight is 327 g/mol. The number of carbonyl (C=O) groups excluding carboxylic acids is 1. The number of nitrogens with one attached hydrogen (secondary N) is 1. The van der Waals surface area contributed by atoms with E-state index in [1.807, 2.05) is 30.3 Å². The maximum absolute atomic E-state index is 12.4. The molecular formula is C19H21NO4. The van der Waals surface area contributed by atoms with E-state index < -0.39 is 6.10 Å². The Kier molecular flexibility index (Phi) is 5.13. The van der Waals surface area contributed by atoms with Gasteiger partial charge in [-0.3, -0.25) is 4.79 Å². The first-order valence-electron chi connectivity index (χ1n) is 8.00.